The molecule has 1 atom stereocenters. The number of para-hydroxylation sites is 1. The second-order valence-electron chi connectivity index (χ2n) is 6.69. The van der Waals surface area contributed by atoms with E-state index in [0.717, 1.165) is 35.5 Å². The third kappa shape index (κ3) is 3.75. The van der Waals surface area contributed by atoms with Gasteiger partial charge in [0.05, 0.1) is 22.3 Å². The molecule has 0 fully saturated rings. The van der Waals surface area contributed by atoms with Crippen molar-refractivity contribution in [2.24, 2.45) is 0 Å². The summed E-state index contributed by atoms with van der Waals surface area (Å²) in [5.41, 5.74) is 2.47. The fraction of sp³-hybridized carbons (Fsp3) is 0.250. The Morgan fingerprint density at radius 1 is 1.15 bits per heavy atom. The molecular formula is C20H19FN2O2S2. The van der Waals surface area contributed by atoms with Gasteiger partial charge in [-0.3, -0.25) is 0 Å². The molecule has 1 unspecified atom stereocenters. The van der Waals surface area contributed by atoms with E-state index >= 15 is 0 Å². The molecule has 0 bridgehead atoms. The second-order valence-corrected chi connectivity index (χ2v) is 9.76. The van der Waals surface area contributed by atoms with E-state index in [9.17, 15) is 12.8 Å². The molecule has 1 aliphatic carbocycles. The van der Waals surface area contributed by atoms with Crippen LogP contribution in [-0.2, 0) is 16.3 Å². The smallest absolute Gasteiger partial charge is 0.177 e. The number of halogens is 1. The first-order chi connectivity index (χ1) is 12.9. The van der Waals surface area contributed by atoms with E-state index in [-0.39, 0.29) is 11.9 Å². The zero-order valence-electron chi connectivity index (χ0n) is 14.8. The first-order valence-electron chi connectivity index (χ1n) is 8.73. The Morgan fingerprint density at radius 2 is 1.89 bits per heavy atom. The van der Waals surface area contributed by atoms with Crippen molar-refractivity contribution in [3.05, 3.63) is 64.9 Å². The van der Waals surface area contributed by atoms with Gasteiger partial charge in [-0.15, -0.1) is 11.3 Å². The largest absolute Gasteiger partial charge is 0.376 e. The normalized spacial score (nSPS) is 16.7. The SMILES string of the molecule is CS(=O)(=O)c1ccccc1NC1CCCc2sc(-c3ccc(F)cc3)nc21. The predicted octanol–water partition coefficient (Wildman–Crippen LogP) is 4.84. The average Bonchev–Trinajstić information content (AvgIpc) is 3.07. The van der Waals surface area contributed by atoms with E-state index in [2.05, 4.69) is 5.32 Å². The van der Waals surface area contributed by atoms with Crippen molar-refractivity contribution in [2.75, 3.05) is 11.6 Å². The number of fused-ring (bicyclic) bond motifs is 1. The van der Waals surface area contributed by atoms with Gasteiger partial charge in [0.2, 0.25) is 0 Å². The molecule has 0 amide bonds. The third-order valence-electron chi connectivity index (χ3n) is 4.66. The lowest BCUT2D eigenvalue weighted by molar-refractivity contribution is 0.590. The van der Waals surface area contributed by atoms with Crippen LogP contribution in [0.5, 0.6) is 0 Å². The summed E-state index contributed by atoms with van der Waals surface area (Å²) in [6.07, 6.45) is 4.07. The van der Waals surface area contributed by atoms with Crippen LogP contribution in [0.1, 0.15) is 29.5 Å². The van der Waals surface area contributed by atoms with E-state index in [1.54, 1.807) is 41.7 Å². The van der Waals surface area contributed by atoms with Gasteiger partial charge in [0, 0.05) is 16.7 Å². The molecule has 0 spiro atoms. The standard InChI is InChI=1S/C20H19FN2O2S2/c1-27(24,25)18-8-3-2-5-15(18)22-16-6-4-7-17-19(16)23-20(26-17)13-9-11-14(21)12-10-13/h2-3,5,8-12,16,22H,4,6-7H2,1H3. The van der Waals surface area contributed by atoms with Gasteiger partial charge < -0.3 is 5.32 Å². The highest BCUT2D eigenvalue weighted by molar-refractivity contribution is 7.90. The highest BCUT2D eigenvalue weighted by Crippen LogP contribution is 2.39. The number of hydrogen-bond donors (Lipinski definition) is 1. The monoisotopic (exact) mass is 402 g/mol. The minimum Gasteiger partial charge on any atom is -0.376 e. The van der Waals surface area contributed by atoms with Gasteiger partial charge in [-0.1, -0.05) is 12.1 Å². The Balaban J connectivity index is 1.68. The molecule has 1 aromatic heterocycles. The molecule has 4 rings (SSSR count). The number of thiazole rings is 1. The van der Waals surface area contributed by atoms with Crippen LogP contribution >= 0.6 is 11.3 Å². The lowest BCUT2D eigenvalue weighted by Crippen LogP contribution is -2.18. The van der Waals surface area contributed by atoms with Crippen molar-refractivity contribution in [1.82, 2.24) is 4.98 Å². The minimum absolute atomic E-state index is 0.0397. The van der Waals surface area contributed by atoms with Gasteiger partial charge in [0.25, 0.3) is 0 Å². The Morgan fingerprint density at radius 3 is 2.63 bits per heavy atom. The Bertz CT molecular complexity index is 1080. The quantitative estimate of drug-likeness (QED) is 0.678. The first kappa shape index (κ1) is 18.1. The molecule has 0 saturated heterocycles. The van der Waals surface area contributed by atoms with Crippen LogP contribution < -0.4 is 5.32 Å². The van der Waals surface area contributed by atoms with Crippen LogP contribution in [0.15, 0.2) is 53.4 Å². The van der Waals surface area contributed by atoms with Gasteiger partial charge in [-0.05, 0) is 55.7 Å². The van der Waals surface area contributed by atoms with Crippen molar-refractivity contribution in [1.29, 1.82) is 0 Å². The number of hydrogen-bond acceptors (Lipinski definition) is 5. The molecule has 0 saturated carbocycles. The van der Waals surface area contributed by atoms with E-state index in [0.29, 0.717) is 10.6 Å². The summed E-state index contributed by atoms with van der Waals surface area (Å²) in [4.78, 5) is 6.31. The minimum atomic E-state index is -3.32. The summed E-state index contributed by atoms with van der Waals surface area (Å²) < 4.78 is 37.3. The molecule has 4 nitrogen and oxygen atoms in total. The first-order valence-corrected chi connectivity index (χ1v) is 11.4. The Kier molecular flexibility index (Phi) is 4.74. The molecule has 7 heteroatoms. The maximum atomic E-state index is 13.2. The number of nitrogens with one attached hydrogen (secondary N) is 1. The van der Waals surface area contributed by atoms with Crippen molar-refractivity contribution < 1.29 is 12.8 Å². The maximum Gasteiger partial charge on any atom is 0.177 e. The van der Waals surface area contributed by atoms with Gasteiger partial charge in [-0.25, -0.2) is 17.8 Å². The van der Waals surface area contributed by atoms with Gasteiger partial charge in [-0.2, -0.15) is 0 Å². The molecule has 0 aliphatic heterocycles. The molecular weight excluding hydrogens is 383 g/mol. The molecule has 1 aliphatic rings. The van der Waals surface area contributed by atoms with E-state index in [4.69, 9.17) is 4.98 Å². The highest BCUT2D eigenvalue weighted by atomic mass is 32.2. The Labute approximate surface area is 162 Å². The Hall–Kier alpha value is -2.25. The van der Waals surface area contributed by atoms with Crippen LogP contribution in [-0.4, -0.2) is 19.7 Å². The maximum absolute atomic E-state index is 13.2. The number of aromatic nitrogens is 1. The summed E-state index contributed by atoms with van der Waals surface area (Å²) >= 11 is 1.63. The number of benzene rings is 2. The predicted molar refractivity (Wildman–Crippen MR) is 106 cm³/mol. The van der Waals surface area contributed by atoms with Gasteiger partial charge >= 0.3 is 0 Å². The van der Waals surface area contributed by atoms with Crippen LogP contribution in [0.4, 0.5) is 10.1 Å². The van der Waals surface area contributed by atoms with Crippen molar-refractivity contribution in [3.63, 3.8) is 0 Å². The number of aryl methyl sites for hydroxylation is 1. The van der Waals surface area contributed by atoms with Crippen LogP contribution in [0.3, 0.4) is 0 Å². The van der Waals surface area contributed by atoms with Crippen LogP contribution in [0, 0.1) is 5.82 Å². The summed E-state index contributed by atoms with van der Waals surface area (Å²) in [5.74, 6) is -0.267. The second kappa shape index (κ2) is 7.05. The lowest BCUT2D eigenvalue weighted by atomic mass is 9.97. The van der Waals surface area contributed by atoms with Gasteiger partial charge in [0.1, 0.15) is 10.8 Å². The van der Waals surface area contributed by atoms with Crippen molar-refractivity contribution in [2.45, 2.75) is 30.2 Å². The van der Waals surface area contributed by atoms with E-state index in [1.165, 1.54) is 23.3 Å². The molecule has 27 heavy (non-hydrogen) atoms. The van der Waals surface area contributed by atoms with Gasteiger partial charge in [0.15, 0.2) is 9.84 Å². The number of anilines is 1. The topological polar surface area (TPSA) is 59.1 Å². The summed E-state index contributed by atoms with van der Waals surface area (Å²) in [5, 5.41) is 4.26. The molecule has 3 aromatic rings. The molecule has 2 aromatic carbocycles. The number of sulfone groups is 1. The van der Waals surface area contributed by atoms with E-state index < -0.39 is 9.84 Å². The van der Waals surface area contributed by atoms with Crippen molar-refractivity contribution in [3.8, 4) is 10.6 Å². The third-order valence-corrected chi connectivity index (χ3v) is 7.00. The molecule has 1 N–H and O–H groups in total. The zero-order chi connectivity index (χ0) is 19.0. The number of nitrogens with zero attached hydrogens (tertiary/aromatic N) is 1. The van der Waals surface area contributed by atoms with Crippen molar-refractivity contribution >= 4 is 26.9 Å². The van der Waals surface area contributed by atoms with E-state index in [1.807, 2.05) is 6.07 Å². The summed E-state index contributed by atoms with van der Waals surface area (Å²) in [7, 11) is -3.32. The average molecular weight is 403 g/mol. The molecule has 140 valence electrons. The van der Waals surface area contributed by atoms with Crippen LogP contribution in [0.25, 0.3) is 10.6 Å². The molecule has 0 radical (unpaired) electrons. The lowest BCUT2D eigenvalue weighted by Gasteiger charge is -2.24. The zero-order valence-corrected chi connectivity index (χ0v) is 16.4. The fourth-order valence-corrected chi connectivity index (χ4v) is 5.39. The molecule has 1 heterocycles. The fourth-order valence-electron chi connectivity index (χ4n) is 3.37. The summed E-state index contributed by atoms with van der Waals surface area (Å²) in [6, 6.07) is 13.3. The summed E-state index contributed by atoms with van der Waals surface area (Å²) in [6.45, 7) is 0. The van der Waals surface area contributed by atoms with Crippen LogP contribution in [0.2, 0.25) is 0 Å². The number of rotatable bonds is 4. The highest BCUT2D eigenvalue weighted by Gasteiger charge is 2.26.